The van der Waals surface area contributed by atoms with Gasteiger partial charge < -0.3 is 14.9 Å². The molecule has 4 saturated carbocycles. The first-order valence-electron chi connectivity index (χ1n) is 16.3. The van der Waals surface area contributed by atoms with Crippen molar-refractivity contribution in [3.63, 3.8) is 0 Å². The van der Waals surface area contributed by atoms with Crippen LogP contribution in [0.4, 0.5) is 0 Å². The number of hydrogen-bond acceptors (Lipinski definition) is 4. The number of carboxylic acids is 1. The van der Waals surface area contributed by atoms with Gasteiger partial charge in [-0.25, -0.2) is 0 Å². The number of aliphatic carboxylic acids is 1. The van der Waals surface area contributed by atoms with E-state index in [9.17, 15) is 14.7 Å². The molecule has 4 aliphatic carbocycles. The Morgan fingerprint density at radius 1 is 0.868 bits per heavy atom. The molecular formula is C33H56O5. The highest BCUT2D eigenvalue weighted by Gasteiger charge is 2.63. The second-order valence-corrected chi connectivity index (χ2v) is 14.1. The zero-order valence-electron chi connectivity index (χ0n) is 24.4. The molecule has 0 aliphatic heterocycles. The molecule has 4 rings (SSSR count). The Bertz CT molecular complexity index is 781. The zero-order chi connectivity index (χ0) is 27.2. The minimum Gasteiger partial charge on any atom is -0.481 e. The fraction of sp³-hybridized carbons (Fsp3) is 0.939. The summed E-state index contributed by atoms with van der Waals surface area (Å²) in [5, 5.41) is 19.7. The summed E-state index contributed by atoms with van der Waals surface area (Å²) < 4.78 is 6.79. The molecule has 218 valence electrons. The number of aliphatic hydroxyl groups is 1. The summed E-state index contributed by atoms with van der Waals surface area (Å²) in [5.74, 6) is 2.12. The Balaban J connectivity index is 1.18. The number of Topliss-reactive ketones (excluding diaryl/α,β-unsaturated/α-hetero) is 1. The van der Waals surface area contributed by atoms with Gasteiger partial charge in [0.05, 0.1) is 12.2 Å². The summed E-state index contributed by atoms with van der Waals surface area (Å²) in [7, 11) is 0. The highest BCUT2D eigenvalue weighted by Crippen LogP contribution is 2.66. The smallest absolute Gasteiger partial charge is 0.303 e. The summed E-state index contributed by atoms with van der Waals surface area (Å²) in [4.78, 5) is 22.9. The van der Waals surface area contributed by atoms with Crippen LogP contribution in [-0.4, -0.2) is 40.8 Å². The van der Waals surface area contributed by atoms with E-state index < -0.39 is 5.97 Å². The average molecular weight is 533 g/mol. The predicted molar refractivity (Wildman–Crippen MR) is 151 cm³/mol. The Kier molecular flexibility index (Phi) is 10.8. The van der Waals surface area contributed by atoms with Crippen molar-refractivity contribution in [2.24, 2.45) is 34.5 Å². The van der Waals surface area contributed by atoms with E-state index in [0.717, 1.165) is 64.4 Å². The third kappa shape index (κ3) is 6.85. The molecule has 4 aliphatic rings. The Labute approximate surface area is 231 Å². The summed E-state index contributed by atoms with van der Waals surface area (Å²) in [5.41, 5.74) is 0.211. The van der Waals surface area contributed by atoms with Gasteiger partial charge in [0.2, 0.25) is 0 Å². The summed E-state index contributed by atoms with van der Waals surface area (Å²) in [6.45, 7) is 5.67. The molecule has 5 heteroatoms. The van der Waals surface area contributed by atoms with Crippen LogP contribution >= 0.6 is 0 Å². The first-order chi connectivity index (χ1) is 18.3. The van der Waals surface area contributed by atoms with Crippen LogP contribution in [0.5, 0.6) is 0 Å². The monoisotopic (exact) mass is 532 g/mol. The number of unbranched alkanes of at least 4 members (excludes halogenated alkanes) is 10. The maximum Gasteiger partial charge on any atom is 0.303 e. The highest BCUT2D eigenvalue weighted by atomic mass is 16.5. The number of aliphatic hydroxyl groups excluding tert-OH is 1. The van der Waals surface area contributed by atoms with Gasteiger partial charge in [0.25, 0.3) is 0 Å². The summed E-state index contributed by atoms with van der Waals surface area (Å²) in [6.07, 6.45) is 21.5. The zero-order valence-corrected chi connectivity index (χ0v) is 24.4. The van der Waals surface area contributed by atoms with E-state index in [-0.39, 0.29) is 23.0 Å². The quantitative estimate of drug-likeness (QED) is 0.211. The molecule has 38 heavy (non-hydrogen) atoms. The number of ketones is 1. The van der Waals surface area contributed by atoms with E-state index in [2.05, 4.69) is 13.8 Å². The van der Waals surface area contributed by atoms with Gasteiger partial charge in [-0.15, -0.1) is 0 Å². The SMILES string of the molecule is C[C@]12CCC(=O)CC1CC[C@@H]1[C@H]2C(OCCCCCCCCCCCCCC(=O)O)C[C@]2(C)C(O)CC[C@@H]12. The van der Waals surface area contributed by atoms with Gasteiger partial charge in [0.1, 0.15) is 5.78 Å². The number of ether oxygens (including phenoxy) is 1. The molecule has 0 spiro atoms. The first kappa shape index (κ1) is 30.0. The fourth-order valence-electron chi connectivity index (χ4n) is 9.47. The molecule has 0 heterocycles. The van der Waals surface area contributed by atoms with Crippen LogP contribution in [0.2, 0.25) is 0 Å². The molecule has 0 saturated heterocycles. The predicted octanol–water partition coefficient (Wildman–Crippen LogP) is 7.72. The third-order valence-electron chi connectivity index (χ3n) is 11.7. The topological polar surface area (TPSA) is 83.8 Å². The van der Waals surface area contributed by atoms with E-state index in [1.165, 1.54) is 64.2 Å². The van der Waals surface area contributed by atoms with Crippen LogP contribution in [0.1, 0.15) is 142 Å². The van der Waals surface area contributed by atoms with Gasteiger partial charge in [-0.1, -0.05) is 71.6 Å². The number of fused-ring (bicyclic) bond motifs is 5. The van der Waals surface area contributed by atoms with Crippen molar-refractivity contribution in [3.8, 4) is 0 Å². The Morgan fingerprint density at radius 2 is 1.50 bits per heavy atom. The Hall–Kier alpha value is -0.940. The van der Waals surface area contributed by atoms with Gasteiger partial charge in [0, 0.05) is 25.9 Å². The van der Waals surface area contributed by atoms with E-state index in [1.54, 1.807) is 0 Å². The second kappa shape index (κ2) is 13.6. The molecule has 4 fully saturated rings. The molecule has 0 bridgehead atoms. The largest absolute Gasteiger partial charge is 0.481 e. The molecular weight excluding hydrogens is 476 g/mol. The minimum absolute atomic E-state index is 0.00419. The number of carboxylic acid groups (broad SMARTS) is 1. The lowest BCUT2D eigenvalue weighted by Crippen LogP contribution is -2.60. The van der Waals surface area contributed by atoms with Gasteiger partial charge in [-0.3, -0.25) is 9.59 Å². The van der Waals surface area contributed by atoms with Crippen molar-refractivity contribution in [1.82, 2.24) is 0 Å². The number of carbonyl (C=O) groups is 2. The van der Waals surface area contributed by atoms with E-state index >= 15 is 0 Å². The van der Waals surface area contributed by atoms with Gasteiger partial charge in [0.15, 0.2) is 0 Å². The van der Waals surface area contributed by atoms with E-state index in [0.29, 0.717) is 35.9 Å². The molecule has 5 nitrogen and oxygen atoms in total. The summed E-state index contributed by atoms with van der Waals surface area (Å²) >= 11 is 0. The molecule has 0 amide bonds. The maximum atomic E-state index is 12.3. The number of rotatable bonds is 15. The van der Waals surface area contributed by atoms with Gasteiger partial charge in [-0.2, -0.15) is 0 Å². The van der Waals surface area contributed by atoms with Crippen LogP contribution in [0, 0.1) is 34.5 Å². The maximum absolute atomic E-state index is 12.3. The van der Waals surface area contributed by atoms with Crippen molar-refractivity contribution < 1.29 is 24.5 Å². The first-order valence-corrected chi connectivity index (χ1v) is 16.3. The third-order valence-corrected chi connectivity index (χ3v) is 11.7. The molecule has 0 aromatic heterocycles. The normalized spacial score (nSPS) is 38.4. The van der Waals surface area contributed by atoms with Crippen LogP contribution < -0.4 is 0 Å². The molecule has 8 atom stereocenters. The molecule has 3 unspecified atom stereocenters. The van der Waals surface area contributed by atoms with Crippen LogP contribution in [0.3, 0.4) is 0 Å². The van der Waals surface area contributed by atoms with Crippen LogP contribution in [-0.2, 0) is 14.3 Å². The molecule has 0 aromatic rings. The summed E-state index contributed by atoms with van der Waals surface area (Å²) in [6, 6.07) is 0. The second-order valence-electron chi connectivity index (χ2n) is 14.1. The lowest BCUT2D eigenvalue weighted by atomic mass is 9.44. The van der Waals surface area contributed by atoms with Crippen molar-refractivity contribution in [2.45, 2.75) is 154 Å². The van der Waals surface area contributed by atoms with Crippen molar-refractivity contribution in [2.75, 3.05) is 6.61 Å². The lowest BCUT2D eigenvalue weighted by molar-refractivity contribution is -0.192. The van der Waals surface area contributed by atoms with Gasteiger partial charge in [-0.05, 0) is 85.9 Å². The standard InChI is InChI=1S/C33H56O5/c1-32-20-19-25(34)22-24(32)15-16-26-27-17-18-29(35)33(27,2)23-28(31(26)32)38-21-13-11-9-7-5-3-4-6-8-10-12-14-30(36)37/h24,26-29,31,35H,3-23H2,1-2H3,(H,36,37)/t24?,26-,27-,28?,29?,31-,32-,33-/m0/s1. The van der Waals surface area contributed by atoms with E-state index in [1.807, 2.05) is 0 Å². The van der Waals surface area contributed by atoms with Crippen molar-refractivity contribution in [3.05, 3.63) is 0 Å². The minimum atomic E-state index is -0.673. The van der Waals surface area contributed by atoms with Crippen molar-refractivity contribution >= 4 is 11.8 Å². The highest BCUT2D eigenvalue weighted by molar-refractivity contribution is 5.79. The molecule has 0 aromatic carbocycles. The van der Waals surface area contributed by atoms with Gasteiger partial charge >= 0.3 is 5.97 Å². The average Bonchev–Trinajstić information content (AvgIpc) is 3.18. The number of carbonyl (C=O) groups excluding carboxylic acids is 1. The van der Waals surface area contributed by atoms with E-state index in [4.69, 9.17) is 9.84 Å². The Morgan fingerprint density at radius 3 is 2.16 bits per heavy atom. The van der Waals surface area contributed by atoms with Crippen LogP contribution in [0.15, 0.2) is 0 Å². The number of hydrogen-bond donors (Lipinski definition) is 2. The molecule has 0 radical (unpaired) electrons. The van der Waals surface area contributed by atoms with Crippen LogP contribution in [0.25, 0.3) is 0 Å². The lowest BCUT2D eigenvalue weighted by Gasteiger charge is -2.62. The van der Waals surface area contributed by atoms with Crippen molar-refractivity contribution in [1.29, 1.82) is 0 Å². The fourth-order valence-corrected chi connectivity index (χ4v) is 9.47. The molecule has 2 N–H and O–H groups in total.